The first-order chi connectivity index (χ1) is 11.2. The Labute approximate surface area is 134 Å². The Hall–Kier alpha value is -2.87. The van der Waals surface area contributed by atoms with Gasteiger partial charge < -0.3 is 4.74 Å². The molecule has 0 saturated carbocycles. The third-order valence-corrected chi connectivity index (χ3v) is 4.38. The number of hydrogen-bond donors (Lipinski definition) is 0. The lowest BCUT2D eigenvalue weighted by Crippen LogP contribution is -2.03. The fourth-order valence-corrected chi connectivity index (χ4v) is 3.37. The van der Waals surface area contributed by atoms with Crippen molar-refractivity contribution in [3.63, 3.8) is 0 Å². The Morgan fingerprint density at radius 1 is 0.783 bits per heavy atom. The number of hydrogen-bond acceptors (Lipinski definition) is 2. The van der Waals surface area contributed by atoms with Crippen molar-refractivity contribution in [2.24, 2.45) is 0 Å². The summed E-state index contributed by atoms with van der Waals surface area (Å²) in [4.78, 5) is 11.7. The average Bonchev–Trinajstić information content (AvgIpc) is 2.57. The standard InChI is InChI=1S/C21H16O2/c1-13-16-8-5-6-10-19(16)21(23-14(2)22)20-17(13)12-11-15-7-3-4-9-18(15)20/h3-12H,1-2H3. The maximum absolute atomic E-state index is 11.7. The lowest BCUT2D eigenvalue weighted by Gasteiger charge is -2.15. The van der Waals surface area contributed by atoms with Gasteiger partial charge >= 0.3 is 5.97 Å². The minimum Gasteiger partial charge on any atom is -0.425 e. The van der Waals surface area contributed by atoms with Gasteiger partial charge in [-0.1, -0.05) is 60.7 Å². The Morgan fingerprint density at radius 2 is 1.43 bits per heavy atom. The van der Waals surface area contributed by atoms with E-state index in [9.17, 15) is 4.79 Å². The van der Waals surface area contributed by atoms with Crippen molar-refractivity contribution in [1.29, 1.82) is 0 Å². The minimum atomic E-state index is -0.298. The third kappa shape index (κ3) is 2.07. The summed E-state index contributed by atoms with van der Waals surface area (Å²) in [5.41, 5.74) is 1.21. The van der Waals surface area contributed by atoms with Gasteiger partial charge in [-0.2, -0.15) is 0 Å². The first-order valence-electron chi connectivity index (χ1n) is 7.68. The van der Waals surface area contributed by atoms with Gasteiger partial charge in [-0.15, -0.1) is 0 Å². The molecule has 0 spiro atoms. The molecule has 0 fully saturated rings. The summed E-state index contributed by atoms with van der Waals surface area (Å²) in [5.74, 6) is 0.360. The van der Waals surface area contributed by atoms with E-state index in [1.54, 1.807) is 0 Å². The maximum atomic E-state index is 11.7. The van der Waals surface area contributed by atoms with Gasteiger partial charge in [0.1, 0.15) is 5.75 Å². The van der Waals surface area contributed by atoms with Gasteiger partial charge in [0.05, 0.1) is 0 Å². The summed E-state index contributed by atoms with van der Waals surface area (Å²) < 4.78 is 5.66. The van der Waals surface area contributed by atoms with E-state index in [2.05, 4.69) is 37.3 Å². The molecule has 0 aliphatic heterocycles. The molecule has 0 aliphatic rings. The van der Waals surface area contributed by atoms with Crippen molar-refractivity contribution in [3.8, 4) is 5.75 Å². The SMILES string of the molecule is CC(=O)Oc1c2ccccc2c(C)c2ccc3ccccc3c12. The Balaban J connectivity index is 2.32. The van der Waals surface area contributed by atoms with Crippen LogP contribution in [0, 0.1) is 6.92 Å². The van der Waals surface area contributed by atoms with E-state index in [1.807, 2.05) is 30.3 Å². The molecule has 4 rings (SSSR count). The molecule has 0 unspecified atom stereocenters. The molecule has 0 bridgehead atoms. The molecule has 0 atom stereocenters. The highest BCUT2D eigenvalue weighted by atomic mass is 16.5. The van der Waals surface area contributed by atoms with E-state index >= 15 is 0 Å². The van der Waals surface area contributed by atoms with E-state index in [0.29, 0.717) is 5.75 Å². The van der Waals surface area contributed by atoms with Crippen LogP contribution in [-0.4, -0.2) is 5.97 Å². The van der Waals surface area contributed by atoms with Gasteiger partial charge in [0.2, 0.25) is 0 Å². The van der Waals surface area contributed by atoms with Crippen LogP contribution in [0.5, 0.6) is 5.75 Å². The lowest BCUT2D eigenvalue weighted by atomic mass is 9.93. The molecule has 2 heteroatoms. The molecular formula is C21H16O2. The summed E-state index contributed by atoms with van der Waals surface area (Å²) in [5, 5.41) is 6.47. The van der Waals surface area contributed by atoms with Crippen molar-refractivity contribution >= 4 is 38.3 Å². The van der Waals surface area contributed by atoms with Crippen LogP contribution in [0.25, 0.3) is 32.3 Å². The molecule has 4 aromatic rings. The predicted octanol–water partition coefficient (Wildman–Crippen LogP) is 5.38. The van der Waals surface area contributed by atoms with E-state index in [1.165, 1.54) is 12.5 Å². The highest BCUT2D eigenvalue weighted by Gasteiger charge is 2.16. The van der Waals surface area contributed by atoms with Crippen molar-refractivity contribution in [1.82, 2.24) is 0 Å². The number of esters is 1. The van der Waals surface area contributed by atoms with Crippen LogP contribution in [0.4, 0.5) is 0 Å². The quantitative estimate of drug-likeness (QED) is 0.204. The predicted molar refractivity (Wildman–Crippen MR) is 95.0 cm³/mol. The molecular weight excluding hydrogens is 284 g/mol. The van der Waals surface area contributed by atoms with Crippen LogP contribution < -0.4 is 4.74 Å². The number of carbonyl (C=O) groups is 1. The smallest absolute Gasteiger partial charge is 0.308 e. The first kappa shape index (κ1) is 13.8. The number of aryl methyl sites for hydroxylation is 1. The molecule has 0 N–H and O–H groups in total. The molecule has 23 heavy (non-hydrogen) atoms. The van der Waals surface area contributed by atoms with Crippen LogP contribution in [-0.2, 0) is 4.79 Å². The average molecular weight is 300 g/mol. The van der Waals surface area contributed by atoms with Gasteiger partial charge in [-0.05, 0) is 34.0 Å². The number of carbonyl (C=O) groups excluding carboxylic acids is 1. The monoisotopic (exact) mass is 300 g/mol. The van der Waals surface area contributed by atoms with Gasteiger partial charge in [-0.25, -0.2) is 0 Å². The number of rotatable bonds is 1. The molecule has 0 radical (unpaired) electrons. The highest BCUT2D eigenvalue weighted by Crippen LogP contribution is 2.41. The van der Waals surface area contributed by atoms with E-state index in [-0.39, 0.29) is 5.97 Å². The number of ether oxygens (including phenoxy) is 1. The fourth-order valence-electron chi connectivity index (χ4n) is 3.37. The molecule has 0 aromatic heterocycles. The summed E-state index contributed by atoms with van der Waals surface area (Å²) in [6.45, 7) is 3.57. The molecule has 0 heterocycles. The second kappa shape index (κ2) is 5.10. The fraction of sp³-hybridized carbons (Fsp3) is 0.0952. The summed E-state index contributed by atoms with van der Waals surface area (Å²) >= 11 is 0. The van der Waals surface area contributed by atoms with Crippen molar-refractivity contribution in [2.45, 2.75) is 13.8 Å². The van der Waals surface area contributed by atoms with Crippen LogP contribution in [0.2, 0.25) is 0 Å². The zero-order valence-electron chi connectivity index (χ0n) is 13.1. The van der Waals surface area contributed by atoms with Crippen LogP contribution in [0.15, 0.2) is 60.7 Å². The number of fused-ring (bicyclic) bond motifs is 4. The maximum Gasteiger partial charge on any atom is 0.308 e. The first-order valence-corrected chi connectivity index (χ1v) is 7.68. The Bertz CT molecular complexity index is 1080. The lowest BCUT2D eigenvalue weighted by molar-refractivity contribution is -0.131. The topological polar surface area (TPSA) is 26.3 Å². The second-order valence-corrected chi connectivity index (χ2v) is 5.80. The zero-order valence-corrected chi connectivity index (χ0v) is 13.1. The molecule has 0 amide bonds. The Morgan fingerprint density at radius 3 is 2.17 bits per heavy atom. The van der Waals surface area contributed by atoms with Crippen molar-refractivity contribution < 1.29 is 9.53 Å². The summed E-state index contributed by atoms with van der Waals surface area (Å²) in [6, 6.07) is 20.5. The summed E-state index contributed by atoms with van der Waals surface area (Å²) in [6.07, 6.45) is 0. The number of benzene rings is 4. The summed E-state index contributed by atoms with van der Waals surface area (Å²) in [7, 11) is 0. The van der Waals surface area contributed by atoms with Crippen molar-refractivity contribution in [2.75, 3.05) is 0 Å². The largest absolute Gasteiger partial charge is 0.425 e. The van der Waals surface area contributed by atoms with E-state index < -0.39 is 0 Å². The van der Waals surface area contributed by atoms with Crippen LogP contribution in [0.3, 0.4) is 0 Å². The van der Waals surface area contributed by atoms with Gasteiger partial charge in [0.15, 0.2) is 0 Å². The zero-order chi connectivity index (χ0) is 16.0. The second-order valence-electron chi connectivity index (χ2n) is 5.80. The molecule has 112 valence electrons. The molecule has 0 saturated heterocycles. The minimum absolute atomic E-state index is 0.298. The van der Waals surface area contributed by atoms with Gasteiger partial charge in [0.25, 0.3) is 0 Å². The van der Waals surface area contributed by atoms with Crippen LogP contribution in [0.1, 0.15) is 12.5 Å². The van der Waals surface area contributed by atoms with Gasteiger partial charge in [0, 0.05) is 17.7 Å². The highest BCUT2D eigenvalue weighted by molar-refractivity contribution is 6.19. The normalized spacial score (nSPS) is 11.2. The molecule has 4 aromatic carbocycles. The van der Waals surface area contributed by atoms with Crippen LogP contribution >= 0.6 is 0 Å². The third-order valence-electron chi connectivity index (χ3n) is 4.38. The Kier molecular flexibility index (Phi) is 3.05. The molecule has 2 nitrogen and oxygen atoms in total. The van der Waals surface area contributed by atoms with E-state index in [0.717, 1.165) is 32.3 Å². The molecule has 0 aliphatic carbocycles. The van der Waals surface area contributed by atoms with Crippen molar-refractivity contribution in [3.05, 3.63) is 66.2 Å². The van der Waals surface area contributed by atoms with E-state index in [4.69, 9.17) is 4.74 Å². The van der Waals surface area contributed by atoms with Gasteiger partial charge in [-0.3, -0.25) is 4.79 Å².